The lowest BCUT2D eigenvalue weighted by molar-refractivity contribution is -0.193. The van der Waals surface area contributed by atoms with Crippen LogP contribution in [0.5, 0.6) is 0 Å². The van der Waals surface area contributed by atoms with Crippen molar-refractivity contribution in [1.29, 1.82) is 0 Å². The Morgan fingerprint density at radius 1 is 1.05 bits per heavy atom. The molecule has 228 valence electrons. The number of nitrogens with one attached hydrogen (secondary N) is 1. The first kappa shape index (κ1) is 33.7. The van der Waals surface area contributed by atoms with Crippen LogP contribution in [0, 0.1) is 11.7 Å². The molecule has 2 saturated heterocycles. The van der Waals surface area contributed by atoms with Gasteiger partial charge in [0.2, 0.25) is 0 Å². The van der Waals surface area contributed by atoms with Crippen molar-refractivity contribution in [3.63, 3.8) is 0 Å². The number of hydrogen-bond acceptors (Lipinski definition) is 7. The number of hydrogen-bond donors (Lipinski definition) is 3. The molecule has 1 aromatic carbocycles. The van der Waals surface area contributed by atoms with Crippen molar-refractivity contribution in [2.45, 2.75) is 30.9 Å². The number of halogens is 7. The highest BCUT2D eigenvalue weighted by Crippen LogP contribution is 2.33. The maximum Gasteiger partial charge on any atom is 0.490 e. The van der Waals surface area contributed by atoms with Crippen LogP contribution in [0.15, 0.2) is 48.8 Å². The predicted molar refractivity (Wildman–Crippen MR) is 129 cm³/mol. The predicted octanol–water partition coefficient (Wildman–Crippen LogP) is 4.21. The molecule has 2 aromatic rings. The van der Waals surface area contributed by atoms with Crippen molar-refractivity contribution in [1.82, 2.24) is 9.88 Å². The van der Waals surface area contributed by atoms with Crippen LogP contribution in [-0.4, -0.2) is 89.4 Å². The quantitative estimate of drug-likeness (QED) is 0.434. The van der Waals surface area contributed by atoms with E-state index in [1.807, 2.05) is 18.5 Å². The van der Waals surface area contributed by atoms with Gasteiger partial charge in [0, 0.05) is 50.2 Å². The number of pyridine rings is 1. The molecule has 4 rings (SSSR count). The second-order valence-electron chi connectivity index (χ2n) is 9.18. The number of carboxylic acid groups (broad SMARTS) is 2. The van der Waals surface area contributed by atoms with Crippen LogP contribution in [0.3, 0.4) is 0 Å². The summed E-state index contributed by atoms with van der Waals surface area (Å²) in [5, 5.41) is 17.6. The van der Waals surface area contributed by atoms with Crippen LogP contribution in [0.1, 0.15) is 12.0 Å². The topological polar surface area (TPSA) is 121 Å². The van der Waals surface area contributed by atoms with Gasteiger partial charge in [0.1, 0.15) is 11.4 Å². The van der Waals surface area contributed by atoms with Gasteiger partial charge in [-0.05, 0) is 42.3 Å². The fraction of sp³-hybridized carbons (Fsp3) is 0.480. The van der Waals surface area contributed by atoms with Crippen molar-refractivity contribution < 1.29 is 60.0 Å². The van der Waals surface area contributed by atoms with E-state index in [0.717, 1.165) is 44.9 Å². The van der Waals surface area contributed by atoms with Crippen molar-refractivity contribution in [2.75, 3.05) is 44.8 Å². The zero-order chi connectivity index (χ0) is 30.7. The lowest BCUT2D eigenvalue weighted by Gasteiger charge is -2.31. The average molecular weight is 600 g/mol. The molecule has 1 spiro atoms. The van der Waals surface area contributed by atoms with Crippen LogP contribution in [0.2, 0.25) is 0 Å². The third-order valence-corrected chi connectivity index (χ3v) is 5.77. The summed E-state index contributed by atoms with van der Waals surface area (Å²) in [5.74, 6) is -5.35. The number of aromatic nitrogens is 1. The minimum Gasteiger partial charge on any atom is -0.475 e. The van der Waals surface area contributed by atoms with Gasteiger partial charge >= 0.3 is 24.3 Å². The Morgan fingerprint density at radius 2 is 1.66 bits per heavy atom. The molecule has 2 fully saturated rings. The SMILES string of the molecule is Fc1cccc(NCC2COC3(COCCN(Cc4ccncc4)C3)C2)c1.O=C(O)C(F)(F)F.O=C(O)C(F)(F)F. The van der Waals surface area contributed by atoms with Gasteiger partial charge in [-0.3, -0.25) is 9.88 Å². The molecule has 2 atom stereocenters. The molecule has 2 aliphatic rings. The lowest BCUT2D eigenvalue weighted by atomic mass is 9.94. The first-order valence-electron chi connectivity index (χ1n) is 12.0. The van der Waals surface area contributed by atoms with Crippen LogP contribution in [0.25, 0.3) is 0 Å². The van der Waals surface area contributed by atoms with Gasteiger partial charge in [0.05, 0.1) is 19.8 Å². The van der Waals surface area contributed by atoms with E-state index < -0.39 is 24.3 Å². The summed E-state index contributed by atoms with van der Waals surface area (Å²) in [4.78, 5) is 24.3. The maximum absolute atomic E-state index is 13.3. The number of ether oxygens (including phenoxy) is 2. The van der Waals surface area contributed by atoms with E-state index in [4.69, 9.17) is 29.3 Å². The van der Waals surface area contributed by atoms with Crippen LogP contribution >= 0.6 is 0 Å². The van der Waals surface area contributed by atoms with Crippen LogP contribution in [0.4, 0.5) is 36.4 Å². The number of rotatable bonds is 5. The minimum absolute atomic E-state index is 0.219. The largest absolute Gasteiger partial charge is 0.490 e. The first-order valence-corrected chi connectivity index (χ1v) is 12.0. The van der Waals surface area contributed by atoms with E-state index in [0.29, 0.717) is 19.1 Å². The van der Waals surface area contributed by atoms with E-state index in [-0.39, 0.29) is 11.4 Å². The Labute approximate surface area is 229 Å². The van der Waals surface area contributed by atoms with Gasteiger partial charge in [0.25, 0.3) is 0 Å². The lowest BCUT2D eigenvalue weighted by Crippen LogP contribution is -2.43. The van der Waals surface area contributed by atoms with E-state index in [2.05, 4.69) is 27.3 Å². The molecule has 41 heavy (non-hydrogen) atoms. The summed E-state index contributed by atoms with van der Waals surface area (Å²) in [5.41, 5.74) is 1.81. The van der Waals surface area contributed by atoms with Gasteiger partial charge in [0.15, 0.2) is 0 Å². The van der Waals surface area contributed by atoms with Crippen molar-refractivity contribution in [3.8, 4) is 0 Å². The summed E-state index contributed by atoms with van der Waals surface area (Å²) >= 11 is 0. The molecule has 0 bridgehead atoms. The second kappa shape index (κ2) is 14.9. The first-order chi connectivity index (χ1) is 19.1. The molecule has 0 amide bonds. The summed E-state index contributed by atoms with van der Waals surface area (Å²) < 4.78 is 88.9. The molecule has 3 heterocycles. The number of carboxylic acids is 2. The van der Waals surface area contributed by atoms with Gasteiger partial charge in [-0.25, -0.2) is 14.0 Å². The summed E-state index contributed by atoms with van der Waals surface area (Å²) in [6.45, 7) is 5.48. The Balaban J connectivity index is 0.000000349. The minimum atomic E-state index is -5.08. The highest BCUT2D eigenvalue weighted by Gasteiger charge is 2.43. The van der Waals surface area contributed by atoms with Gasteiger partial charge in [-0.15, -0.1) is 0 Å². The average Bonchev–Trinajstić information content (AvgIpc) is 3.17. The molecular formula is C25H28F7N3O6. The molecular weight excluding hydrogens is 571 g/mol. The second-order valence-corrected chi connectivity index (χ2v) is 9.18. The van der Waals surface area contributed by atoms with Gasteiger partial charge in [-0.2, -0.15) is 26.3 Å². The van der Waals surface area contributed by atoms with Crippen molar-refractivity contribution in [3.05, 3.63) is 60.2 Å². The highest BCUT2D eigenvalue weighted by atomic mass is 19.4. The van der Waals surface area contributed by atoms with Gasteiger partial charge < -0.3 is 25.0 Å². The van der Waals surface area contributed by atoms with Gasteiger partial charge in [-0.1, -0.05) is 6.07 Å². The number of benzene rings is 1. The van der Waals surface area contributed by atoms with E-state index in [9.17, 15) is 30.7 Å². The van der Waals surface area contributed by atoms with Crippen molar-refractivity contribution in [2.24, 2.45) is 5.92 Å². The molecule has 9 nitrogen and oxygen atoms in total. The zero-order valence-corrected chi connectivity index (χ0v) is 21.4. The summed E-state index contributed by atoms with van der Waals surface area (Å²) in [6.07, 6.45) is -5.55. The number of anilines is 1. The summed E-state index contributed by atoms with van der Waals surface area (Å²) in [7, 11) is 0. The van der Waals surface area contributed by atoms with Crippen LogP contribution in [-0.2, 0) is 25.6 Å². The Morgan fingerprint density at radius 3 is 2.22 bits per heavy atom. The molecule has 2 aliphatic heterocycles. The third-order valence-electron chi connectivity index (χ3n) is 5.77. The van der Waals surface area contributed by atoms with E-state index in [1.54, 1.807) is 6.07 Å². The zero-order valence-electron chi connectivity index (χ0n) is 21.4. The fourth-order valence-electron chi connectivity index (χ4n) is 4.01. The Bertz CT molecular complexity index is 1100. The molecule has 2 unspecified atom stereocenters. The monoisotopic (exact) mass is 599 g/mol. The highest BCUT2D eigenvalue weighted by molar-refractivity contribution is 5.73. The molecule has 3 N–H and O–H groups in total. The van der Waals surface area contributed by atoms with Crippen molar-refractivity contribution >= 4 is 17.6 Å². The number of carbonyl (C=O) groups is 2. The van der Waals surface area contributed by atoms with Crippen LogP contribution < -0.4 is 5.32 Å². The Kier molecular flexibility index (Phi) is 12.3. The summed E-state index contributed by atoms with van der Waals surface area (Å²) in [6, 6.07) is 10.7. The fourth-order valence-corrected chi connectivity index (χ4v) is 4.01. The standard InChI is InChI=1S/C21H26FN3O2.2C2HF3O2/c22-19-2-1-3-20(10-19)24-12-18-11-21(27-14-18)15-25(8-9-26-16-21)13-17-4-6-23-7-5-17;2*3-2(4,5)1(6)7/h1-7,10,18,24H,8-9,11-16H2;2*(H,6,7). The molecule has 0 aliphatic carbocycles. The van der Waals surface area contributed by atoms with E-state index in [1.165, 1.54) is 17.7 Å². The Hall–Kier alpha value is -3.50. The molecule has 0 saturated carbocycles. The maximum atomic E-state index is 13.3. The number of aliphatic carboxylic acids is 2. The normalized spacial score (nSPS) is 21.1. The smallest absolute Gasteiger partial charge is 0.475 e. The number of nitrogens with zero attached hydrogens (tertiary/aromatic N) is 2. The number of alkyl halides is 6. The molecule has 16 heteroatoms. The molecule has 0 radical (unpaired) electrons. The third kappa shape index (κ3) is 12.3. The van der Waals surface area contributed by atoms with E-state index >= 15 is 0 Å². The molecule has 1 aromatic heterocycles.